The van der Waals surface area contributed by atoms with E-state index in [0.717, 1.165) is 24.7 Å². The van der Waals surface area contributed by atoms with Crippen molar-refractivity contribution in [1.82, 2.24) is 4.90 Å². The third-order valence-corrected chi connectivity index (χ3v) is 7.07. The molecule has 0 aliphatic heterocycles. The maximum atomic E-state index is 11.7. The Kier molecular flexibility index (Phi) is 13.1. The number of rotatable bonds is 15. The molecule has 0 bridgehead atoms. The summed E-state index contributed by atoms with van der Waals surface area (Å²) >= 11 is 0. The molecule has 0 spiro atoms. The topological polar surface area (TPSA) is 20.3 Å². The van der Waals surface area contributed by atoms with Crippen molar-refractivity contribution in [2.24, 2.45) is 29.1 Å². The summed E-state index contributed by atoms with van der Waals surface area (Å²) in [6.45, 7) is 24.4. The second-order valence-corrected chi connectivity index (χ2v) is 11.0. The average molecular weight is 406 g/mol. The smallest absolute Gasteiger partial charge is 0.207 e. The quantitative estimate of drug-likeness (QED) is 0.212. The monoisotopic (exact) mass is 405 g/mol. The van der Waals surface area contributed by atoms with Gasteiger partial charge in [-0.2, -0.15) is 0 Å². The van der Waals surface area contributed by atoms with Gasteiger partial charge in [0.25, 0.3) is 0 Å². The van der Waals surface area contributed by atoms with E-state index >= 15 is 0 Å². The minimum Gasteiger partial charge on any atom is -0.298 e. The van der Waals surface area contributed by atoms with Crippen molar-refractivity contribution in [2.45, 2.75) is 120 Å². The van der Waals surface area contributed by atoms with Gasteiger partial charge in [0.1, 0.15) is 0 Å². The van der Waals surface area contributed by atoms with E-state index < -0.39 is 0 Å². The Morgan fingerprint density at radius 3 is 2.07 bits per heavy atom. The molecule has 0 rings (SSSR count). The molecule has 5 atom stereocenters. The van der Waals surface area contributed by atoms with Crippen LogP contribution in [0.25, 0.3) is 0 Å². The van der Waals surface area contributed by atoms with Crippen molar-refractivity contribution >= 4 is 5.78 Å². The van der Waals surface area contributed by atoms with Crippen LogP contribution in [-0.4, -0.2) is 29.3 Å². The molecule has 0 heterocycles. The highest BCUT2D eigenvalue weighted by Crippen LogP contribution is 2.33. The zero-order valence-electron chi connectivity index (χ0n) is 21.3. The Morgan fingerprint density at radius 1 is 1.00 bits per heavy atom. The lowest BCUT2D eigenvalue weighted by molar-refractivity contribution is -0.117. The predicted octanol–water partition coefficient (Wildman–Crippen LogP) is 7.22. The number of Topliss-reactive ketones (excluding diaryl/α,β-unsaturated/α-hetero) is 1. The molecule has 170 valence electrons. The first-order valence-corrected chi connectivity index (χ1v) is 12.1. The summed E-state index contributed by atoms with van der Waals surface area (Å²) in [5.74, 6) is 4.31. The molecule has 0 aromatic heterocycles. The fraction of sp³-hybridized carbons (Fsp3) is 0.889. The van der Waals surface area contributed by atoms with Gasteiger partial charge in [-0.05, 0) is 88.5 Å². The SMILES string of the molecule is C#CC(=O)C(C)C[C@@H](C)CC(C)(C)CCCN(C(C)C)C(C)CC(C)[C@H](C)CC. The fourth-order valence-corrected chi connectivity index (χ4v) is 5.02. The van der Waals surface area contributed by atoms with Crippen molar-refractivity contribution < 1.29 is 4.79 Å². The minimum absolute atomic E-state index is 0.0180. The van der Waals surface area contributed by atoms with Gasteiger partial charge < -0.3 is 0 Å². The van der Waals surface area contributed by atoms with Crippen LogP contribution in [-0.2, 0) is 4.79 Å². The summed E-state index contributed by atoms with van der Waals surface area (Å²) in [5, 5.41) is 0. The summed E-state index contributed by atoms with van der Waals surface area (Å²) in [6, 6.07) is 1.23. The minimum atomic E-state index is -0.0529. The van der Waals surface area contributed by atoms with Crippen molar-refractivity contribution in [3.05, 3.63) is 0 Å². The first-order valence-electron chi connectivity index (χ1n) is 12.1. The molecule has 3 unspecified atom stereocenters. The average Bonchev–Trinajstić information content (AvgIpc) is 2.62. The lowest BCUT2D eigenvalue weighted by Gasteiger charge is -2.36. The fourth-order valence-electron chi connectivity index (χ4n) is 5.02. The summed E-state index contributed by atoms with van der Waals surface area (Å²) in [6.07, 6.45) is 12.3. The largest absolute Gasteiger partial charge is 0.298 e. The Balaban J connectivity index is 4.61. The van der Waals surface area contributed by atoms with Gasteiger partial charge in [-0.15, -0.1) is 6.42 Å². The molecule has 2 nitrogen and oxygen atoms in total. The maximum absolute atomic E-state index is 11.7. The first kappa shape index (κ1) is 28.2. The molecule has 0 aliphatic carbocycles. The second-order valence-electron chi connectivity index (χ2n) is 11.0. The van der Waals surface area contributed by atoms with Crippen LogP contribution in [0.2, 0.25) is 0 Å². The lowest BCUT2D eigenvalue weighted by Crippen LogP contribution is -2.41. The van der Waals surface area contributed by atoms with E-state index in [0.29, 0.717) is 23.4 Å². The number of carbonyl (C=O) groups is 1. The van der Waals surface area contributed by atoms with E-state index in [4.69, 9.17) is 6.42 Å². The molecule has 2 heteroatoms. The highest BCUT2D eigenvalue weighted by atomic mass is 16.1. The number of ketones is 1. The molecule has 0 N–H and O–H groups in total. The standard InChI is InChI=1S/C27H51NO/c1-12-22(6)23(7)18-25(9)28(20(3)4)16-14-15-27(10,11)19-21(5)17-24(8)26(29)13-2/h2,20-25H,12,14-19H2,1,3-11H3/t21-,22-,23?,24?,25?/m1/s1. The van der Waals surface area contributed by atoms with Crippen LogP contribution in [0.15, 0.2) is 0 Å². The molecule has 0 saturated carbocycles. The van der Waals surface area contributed by atoms with Gasteiger partial charge in [-0.1, -0.05) is 54.9 Å². The molecule has 0 radical (unpaired) electrons. The van der Waals surface area contributed by atoms with E-state index in [2.05, 4.69) is 73.1 Å². The van der Waals surface area contributed by atoms with Crippen LogP contribution < -0.4 is 0 Å². The lowest BCUT2D eigenvalue weighted by atomic mass is 9.77. The van der Waals surface area contributed by atoms with Crippen molar-refractivity contribution in [2.75, 3.05) is 6.54 Å². The number of hydrogen-bond donors (Lipinski definition) is 0. The normalized spacial score (nSPS) is 17.6. The van der Waals surface area contributed by atoms with Gasteiger partial charge >= 0.3 is 0 Å². The highest BCUT2D eigenvalue weighted by molar-refractivity contribution is 5.96. The molecule has 0 fully saturated rings. The maximum Gasteiger partial charge on any atom is 0.207 e. The van der Waals surface area contributed by atoms with Crippen LogP contribution in [0.4, 0.5) is 0 Å². The first-order chi connectivity index (χ1) is 13.3. The second kappa shape index (κ2) is 13.5. The zero-order chi connectivity index (χ0) is 22.8. The van der Waals surface area contributed by atoms with Crippen LogP contribution in [0.1, 0.15) is 108 Å². The highest BCUT2D eigenvalue weighted by Gasteiger charge is 2.25. The van der Waals surface area contributed by atoms with Crippen LogP contribution >= 0.6 is 0 Å². The van der Waals surface area contributed by atoms with Crippen molar-refractivity contribution in [3.8, 4) is 12.3 Å². The van der Waals surface area contributed by atoms with Crippen LogP contribution in [0.3, 0.4) is 0 Å². The summed E-state index contributed by atoms with van der Waals surface area (Å²) < 4.78 is 0. The van der Waals surface area contributed by atoms with E-state index in [-0.39, 0.29) is 11.7 Å². The Labute approximate surface area is 183 Å². The van der Waals surface area contributed by atoms with Crippen LogP contribution in [0, 0.1) is 41.4 Å². The molecule has 0 aliphatic rings. The summed E-state index contributed by atoms with van der Waals surface area (Å²) in [7, 11) is 0. The molecular weight excluding hydrogens is 354 g/mol. The van der Waals surface area contributed by atoms with Crippen molar-refractivity contribution in [3.63, 3.8) is 0 Å². The van der Waals surface area contributed by atoms with E-state index in [1.165, 1.54) is 32.2 Å². The molecule has 0 aromatic rings. The van der Waals surface area contributed by atoms with Gasteiger partial charge in [0.2, 0.25) is 5.78 Å². The molecule has 29 heavy (non-hydrogen) atoms. The number of terminal acetylenes is 1. The Bertz CT molecular complexity index is 501. The van der Waals surface area contributed by atoms with E-state index in [9.17, 15) is 4.79 Å². The van der Waals surface area contributed by atoms with E-state index in [1.54, 1.807) is 0 Å². The molecule has 0 aromatic carbocycles. The van der Waals surface area contributed by atoms with Crippen LogP contribution in [0.5, 0.6) is 0 Å². The summed E-state index contributed by atoms with van der Waals surface area (Å²) in [4.78, 5) is 14.4. The molecule has 0 amide bonds. The third kappa shape index (κ3) is 11.2. The van der Waals surface area contributed by atoms with Gasteiger partial charge in [0.05, 0.1) is 0 Å². The Morgan fingerprint density at radius 2 is 1.59 bits per heavy atom. The van der Waals surface area contributed by atoms with Gasteiger partial charge in [0, 0.05) is 18.0 Å². The summed E-state index contributed by atoms with van der Waals surface area (Å²) in [5.41, 5.74) is 0.300. The molecule has 0 saturated heterocycles. The number of nitrogens with zero attached hydrogens (tertiary/aromatic N) is 1. The van der Waals surface area contributed by atoms with Gasteiger partial charge in [0.15, 0.2) is 0 Å². The zero-order valence-corrected chi connectivity index (χ0v) is 21.3. The van der Waals surface area contributed by atoms with E-state index in [1.807, 2.05) is 6.92 Å². The molecular formula is C27H51NO. The van der Waals surface area contributed by atoms with Crippen molar-refractivity contribution in [1.29, 1.82) is 0 Å². The van der Waals surface area contributed by atoms with Gasteiger partial charge in [-0.25, -0.2) is 0 Å². The predicted molar refractivity (Wildman–Crippen MR) is 129 cm³/mol. The van der Waals surface area contributed by atoms with Gasteiger partial charge in [-0.3, -0.25) is 9.69 Å². The number of hydrogen-bond acceptors (Lipinski definition) is 2. The Hall–Kier alpha value is -0.810. The number of carbonyl (C=O) groups excluding carboxylic acids is 1. The third-order valence-electron chi connectivity index (χ3n) is 7.07.